The van der Waals surface area contributed by atoms with Crippen LogP contribution in [0.5, 0.6) is 0 Å². The van der Waals surface area contributed by atoms with Gasteiger partial charge >= 0.3 is 10.2 Å². The van der Waals surface area contributed by atoms with Crippen molar-refractivity contribution >= 4 is 22.0 Å². The third kappa shape index (κ3) is 2.53. The molecule has 18 heavy (non-hydrogen) atoms. The van der Waals surface area contributed by atoms with E-state index in [0.717, 1.165) is 11.3 Å². The minimum atomic E-state index is -4.70. The highest BCUT2D eigenvalue weighted by atomic mass is 32.3. The van der Waals surface area contributed by atoms with Gasteiger partial charge in [-0.25, -0.2) is 0 Å². The van der Waals surface area contributed by atoms with Crippen molar-refractivity contribution in [1.29, 1.82) is 0 Å². The molecule has 1 atom stereocenters. The van der Waals surface area contributed by atoms with Crippen molar-refractivity contribution in [2.24, 2.45) is 0 Å². The maximum Gasteiger partial charge on any atom is 0.307 e. The molecule has 2 heterocycles. The second-order valence-corrected chi connectivity index (χ2v) is 5.83. The minimum absolute atomic E-state index is 0.176. The molecule has 0 aliphatic carbocycles. The molecular formula is C10H13FN2O4S. The molecule has 1 amide bonds. The van der Waals surface area contributed by atoms with Gasteiger partial charge in [-0.2, -0.15) is 8.42 Å². The van der Waals surface area contributed by atoms with Crippen LogP contribution in [0.4, 0.5) is 9.77 Å². The average molecular weight is 276 g/mol. The molecule has 8 heteroatoms. The molecule has 1 aliphatic rings. The number of nitrogens with zero attached hydrogens (tertiary/aromatic N) is 2. The van der Waals surface area contributed by atoms with Gasteiger partial charge < -0.3 is 4.52 Å². The highest BCUT2D eigenvalue weighted by Crippen LogP contribution is 2.26. The standard InChI is InChI=1S/C10H13FN2O4S/c1-2-3-7-4-10(17-12-7)13-6-8(5-9(13)14)18(11,15)16/h4,8H,2-3,5-6H2,1H3. The highest BCUT2D eigenvalue weighted by Gasteiger charge is 2.40. The smallest absolute Gasteiger partial charge is 0.307 e. The molecule has 6 nitrogen and oxygen atoms in total. The molecule has 0 bridgehead atoms. The number of hydrogen-bond donors (Lipinski definition) is 0. The Kier molecular flexibility index (Phi) is 3.38. The molecule has 1 fully saturated rings. The Morgan fingerprint density at radius 1 is 1.61 bits per heavy atom. The molecule has 1 saturated heterocycles. The van der Waals surface area contributed by atoms with Crippen LogP contribution in [0.3, 0.4) is 0 Å². The summed E-state index contributed by atoms with van der Waals surface area (Å²) in [6.45, 7) is 1.75. The van der Waals surface area contributed by atoms with Crippen LogP contribution in [-0.2, 0) is 21.4 Å². The topological polar surface area (TPSA) is 80.5 Å². The second-order valence-electron chi connectivity index (χ2n) is 4.21. The molecule has 2 rings (SSSR count). The van der Waals surface area contributed by atoms with Crippen molar-refractivity contribution in [3.63, 3.8) is 0 Å². The Morgan fingerprint density at radius 3 is 2.89 bits per heavy atom. The molecule has 1 unspecified atom stereocenters. The lowest BCUT2D eigenvalue weighted by atomic mass is 10.2. The number of amides is 1. The van der Waals surface area contributed by atoms with Gasteiger partial charge in [0.1, 0.15) is 5.25 Å². The zero-order valence-electron chi connectivity index (χ0n) is 9.80. The summed E-state index contributed by atoms with van der Waals surface area (Å²) in [4.78, 5) is 12.7. The fourth-order valence-corrected chi connectivity index (χ4v) is 2.55. The van der Waals surface area contributed by atoms with Gasteiger partial charge in [0.15, 0.2) is 0 Å². The van der Waals surface area contributed by atoms with Gasteiger partial charge in [0.25, 0.3) is 0 Å². The van der Waals surface area contributed by atoms with E-state index in [1.54, 1.807) is 6.07 Å². The van der Waals surface area contributed by atoms with Crippen LogP contribution in [0, 0.1) is 0 Å². The van der Waals surface area contributed by atoms with Crippen molar-refractivity contribution in [2.45, 2.75) is 31.4 Å². The molecule has 0 N–H and O–H groups in total. The maximum atomic E-state index is 12.8. The van der Waals surface area contributed by atoms with E-state index in [1.807, 2.05) is 6.92 Å². The van der Waals surface area contributed by atoms with Gasteiger partial charge in [0.2, 0.25) is 11.8 Å². The average Bonchev–Trinajstić information content (AvgIpc) is 2.84. The summed E-state index contributed by atoms with van der Waals surface area (Å²) in [6, 6.07) is 1.58. The van der Waals surface area contributed by atoms with Gasteiger partial charge in [0, 0.05) is 19.0 Å². The predicted molar refractivity (Wildman–Crippen MR) is 61.3 cm³/mol. The lowest BCUT2D eigenvalue weighted by Crippen LogP contribution is -2.26. The van der Waals surface area contributed by atoms with Crippen LogP contribution in [0.2, 0.25) is 0 Å². The van der Waals surface area contributed by atoms with Gasteiger partial charge in [-0.1, -0.05) is 18.5 Å². The Hall–Kier alpha value is -1.44. The molecule has 1 aromatic heterocycles. The fourth-order valence-electron chi connectivity index (χ4n) is 1.88. The van der Waals surface area contributed by atoms with Crippen LogP contribution in [-0.4, -0.2) is 31.3 Å². The van der Waals surface area contributed by atoms with Crippen LogP contribution >= 0.6 is 0 Å². The maximum absolute atomic E-state index is 12.8. The van der Waals surface area contributed by atoms with Crippen LogP contribution in [0.25, 0.3) is 0 Å². The molecule has 100 valence electrons. The zero-order chi connectivity index (χ0) is 13.3. The van der Waals surface area contributed by atoms with E-state index in [0.29, 0.717) is 12.1 Å². The summed E-state index contributed by atoms with van der Waals surface area (Å²) in [5, 5.41) is 2.45. The van der Waals surface area contributed by atoms with Crippen molar-refractivity contribution in [3.05, 3.63) is 11.8 Å². The molecule has 0 aromatic carbocycles. The van der Waals surface area contributed by atoms with Crippen molar-refractivity contribution < 1.29 is 21.6 Å². The number of carbonyl (C=O) groups excluding carboxylic acids is 1. The number of anilines is 1. The lowest BCUT2D eigenvalue weighted by Gasteiger charge is -2.10. The van der Waals surface area contributed by atoms with Crippen molar-refractivity contribution in [3.8, 4) is 0 Å². The van der Waals surface area contributed by atoms with E-state index < -0.39 is 21.4 Å². The summed E-state index contributed by atoms with van der Waals surface area (Å²) < 4.78 is 39.3. The number of halogens is 1. The number of aryl methyl sites for hydroxylation is 1. The summed E-state index contributed by atoms with van der Waals surface area (Å²) in [5.74, 6) is -0.296. The van der Waals surface area contributed by atoms with E-state index in [-0.39, 0.29) is 18.8 Å². The summed E-state index contributed by atoms with van der Waals surface area (Å²) in [5.41, 5.74) is 0.687. The first kappa shape index (κ1) is 13.0. The molecule has 1 aliphatic heterocycles. The molecule has 0 spiro atoms. The third-order valence-corrected chi connectivity index (χ3v) is 3.92. The van der Waals surface area contributed by atoms with Gasteiger partial charge in [-0.15, -0.1) is 3.89 Å². The number of hydrogen-bond acceptors (Lipinski definition) is 5. The number of carbonyl (C=O) groups is 1. The Bertz CT molecular complexity index is 554. The Labute approximate surface area is 104 Å². The molecule has 0 saturated carbocycles. The number of rotatable bonds is 4. The summed E-state index contributed by atoms with van der Waals surface area (Å²) in [7, 11) is -4.70. The molecule has 1 aromatic rings. The van der Waals surface area contributed by atoms with E-state index in [2.05, 4.69) is 5.16 Å². The van der Waals surface area contributed by atoms with Gasteiger partial charge in [0.05, 0.1) is 5.69 Å². The van der Waals surface area contributed by atoms with Crippen LogP contribution in [0.1, 0.15) is 25.5 Å². The third-order valence-electron chi connectivity index (χ3n) is 2.81. The first-order chi connectivity index (χ1) is 8.41. The minimum Gasteiger partial charge on any atom is -0.338 e. The fraction of sp³-hybridized carbons (Fsp3) is 0.600. The SMILES string of the molecule is CCCc1cc(N2CC(S(=O)(=O)F)CC2=O)on1. The number of aromatic nitrogens is 1. The van der Waals surface area contributed by atoms with E-state index in [1.165, 1.54) is 0 Å². The first-order valence-electron chi connectivity index (χ1n) is 5.61. The normalized spacial score (nSPS) is 20.7. The van der Waals surface area contributed by atoms with Crippen molar-refractivity contribution in [1.82, 2.24) is 5.16 Å². The largest absolute Gasteiger partial charge is 0.338 e. The summed E-state index contributed by atoms with van der Waals surface area (Å²) in [6.07, 6.45) is 1.22. The van der Waals surface area contributed by atoms with E-state index in [9.17, 15) is 17.1 Å². The second kappa shape index (κ2) is 4.68. The van der Waals surface area contributed by atoms with E-state index >= 15 is 0 Å². The molecular weight excluding hydrogens is 263 g/mol. The first-order valence-corrected chi connectivity index (χ1v) is 7.06. The Morgan fingerprint density at radius 2 is 2.33 bits per heavy atom. The van der Waals surface area contributed by atoms with E-state index in [4.69, 9.17) is 4.52 Å². The van der Waals surface area contributed by atoms with Gasteiger partial charge in [-0.3, -0.25) is 9.69 Å². The van der Waals surface area contributed by atoms with Crippen molar-refractivity contribution in [2.75, 3.05) is 11.4 Å². The monoisotopic (exact) mass is 276 g/mol. The van der Waals surface area contributed by atoms with Crippen LogP contribution in [0.15, 0.2) is 10.6 Å². The lowest BCUT2D eigenvalue weighted by molar-refractivity contribution is -0.117. The predicted octanol–water partition coefficient (Wildman–Crippen LogP) is 1.03. The summed E-state index contributed by atoms with van der Waals surface area (Å²) >= 11 is 0. The quantitative estimate of drug-likeness (QED) is 0.767. The van der Waals surface area contributed by atoms with Gasteiger partial charge in [-0.05, 0) is 6.42 Å². The Balaban J connectivity index is 2.16. The molecule has 0 radical (unpaired) electrons. The zero-order valence-corrected chi connectivity index (χ0v) is 10.6. The van der Waals surface area contributed by atoms with Crippen LogP contribution < -0.4 is 4.90 Å². The highest BCUT2D eigenvalue weighted by molar-refractivity contribution is 7.87.